The van der Waals surface area contributed by atoms with E-state index in [1.165, 1.54) is 6.92 Å². The van der Waals surface area contributed by atoms with Crippen LogP contribution >= 0.6 is 0 Å². The zero-order chi connectivity index (χ0) is 21.7. The summed E-state index contributed by atoms with van der Waals surface area (Å²) in [4.78, 5) is 0. The van der Waals surface area contributed by atoms with E-state index in [-0.39, 0.29) is 6.42 Å². The van der Waals surface area contributed by atoms with Gasteiger partial charge in [-0.3, -0.25) is 0 Å². The maximum Gasteiger partial charge on any atom is 0.377 e. The lowest BCUT2D eigenvalue weighted by Crippen LogP contribution is -2.38. The third-order valence-electron chi connectivity index (χ3n) is 5.05. The van der Waals surface area contributed by atoms with Crippen molar-refractivity contribution in [2.24, 2.45) is 0 Å². The van der Waals surface area contributed by atoms with Crippen LogP contribution in [0.2, 0.25) is 0 Å². The number of ether oxygens (including phenoxy) is 1. The second-order valence-electron chi connectivity index (χ2n) is 7.13. The molecule has 0 aliphatic rings. The number of hydrogen-bond donors (Lipinski definition) is 0. The fourth-order valence-electron chi connectivity index (χ4n) is 3.27. The molecule has 0 radical (unpaired) electrons. The highest BCUT2D eigenvalue weighted by atomic mass is 32.2. The Morgan fingerprint density at radius 3 is 2.53 bits per heavy atom. The lowest BCUT2D eigenvalue weighted by atomic mass is 10.1. The molecule has 0 bridgehead atoms. The van der Waals surface area contributed by atoms with Crippen LogP contribution in [0.1, 0.15) is 39.5 Å². The standard InChI is InChI=1S/C23H27NO5S/c1-4-20(28-5-2)16-23-24(14-13-17(3)30(25,26)27)21-15-19(11-12-22(21)29-23)18-9-7-6-8-10-18/h6-12,15-17H,4-5,13-14H2,1-3H3/b20-16-. The molecule has 6 nitrogen and oxygen atoms in total. The van der Waals surface area contributed by atoms with E-state index >= 15 is 0 Å². The first-order chi connectivity index (χ1) is 14.3. The Labute approximate surface area is 177 Å². The molecule has 0 aliphatic heterocycles. The molecular weight excluding hydrogens is 402 g/mol. The van der Waals surface area contributed by atoms with E-state index in [0.717, 1.165) is 22.4 Å². The van der Waals surface area contributed by atoms with Crippen molar-refractivity contribution >= 4 is 27.3 Å². The quantitative estimate of drug-likeness (QED) is 0.284. The molecular formula is C23H27NO5S. The number of fused-ring (bicyclic) bond motifs is 1. The van der Waals surface area contributed by atoms with E-state index in [4.69, 9.17) is 9.15 Å². The minimum atomic E-state index is -4.34. The number of oxazole rings is 1. The summed E-state index contributed by atoms with van der Waals surface area (Å²) in [6.45, 7) is 6.23. The molecule has 0 spiro atoms. The summed E-state index contributed by atoms with van der Waals surface area (Å²) in [5, 5.41) is -0.985. The molecule has 1 atom stereocenters. The van der Waals surface area contributed by atoms with Crippen molar-refractivity contribution in [1.29, 1.82) is 0 Å². The third kappa shape index (κ3) is 5.09. The Hall–Kier alpha value is -2.64. The first-order valence-electron chi connectivity index (χ1n) is 10.1. The van der Waals surface area contributed by atoms with Gasteiger partial charge in [0.15, 0.2) is 6.54 Å². The van der Waals surface area contributed by atoms with Gasteiger partial charge < -0.3 is 13.7 Å². The van der Waals surface area contributed by atoms with Crippen molar-refractivity contribution in [3.8, 4) is 11.1 Å². The van der Waals surface area contributed by atoms with Gasteiger partial charge >= 0.3 is 5.89 Å². The normalized spacial score (nSPS) is 13.5. The SMILES string of the molecule is CCO/C(=C\c1oc2ccc(-c3ccccc3)cc2[n+]1CCC(C)S(=O)(=O)[O-])CC. The highest BCUT2D eigenvalue weighted by Gasteiger charge is 2.24. The van der Waals surface area contributed by atoms with E-state index in [9.17, 15) is 13.0 Å². The van der Waals surface area contributed by atoms with Crippen LogP contribution in [0.5, 0.6) is 0 Å². The molecule has 1 aromatic heterocycles. The van der Waals surface area contributed by atoms with Crippen molar-refractivity contribution < 1.29 is 26.7 Å². The van der Waals surface area contributed by atoms with Gasteiger partial charge in [0.25, 0.3) is 5.52 Å². The topological polar surface area (TPSA) is 83.5 Å². The fraction of sp³-hybridized carbons (Fsp3) is 0.348. The van der Waals surface area contributed by atoms with Crippen molar-refractivity contribution in [2.75, 3.05) is 6.61 Å². The summed E-state index contributed by atoms with van der Waals surface area (Å²) in [7, 11) is -4.34. The molecule has 7 heteroatoms. The summed E-state index contributed by atoms with van der Waals surface area (Å²) in [6.07, 6.45) is 2.73. The summed E-state index contributed by atoms with van der Waals surface area (Å²) < 4.78 is 47.7. The van der Waals surface area contributed by atoms with Crippen LogP contribution < -0.4 is 4.57 Å². The maximum atomic E-state index is 11.4. The van der Waals surface area contributed by atoms with Gasteiger partial charge in [-0.2, -0.15) is 4.57 Å². The number of rotatable bonds is 9. The van der Waals surface area contributed by atoms with Crippen LogP contribution in [0.25, 0.3) is 28.3 Å². The minimum Gasteiger partial charge on any atom is -0.748 e. The Balaban J connectivity index is 2.09. The molecule has 0 N–H and O–H groups in total. The van der Waals surface area contributed by atoms with Crippen molar-refractivity contribution in [2.45, 2.75) is 45.4 Å². The van der Waals surface area contributed by atoms with Crippen LogP contribution in [0, 0.1) is 0 Å². The van der Waals surface area contributed by atoms with Gasteiger partial charge in [0.2, 0.25) is 5.58 Å². The summed E-state index contributed by atoms with van der Waals surface area (Å²) in [5.41, 5.74) is 3.62. The number of nitrogens with zero attached hydrogens (tertiary/aromatic N) is 1. The molecule has 1 unspecified atom stereocenters. The van der Waals surface area contributed by atoms with Gasteiger partial charge in [-0.05, 0) is 31.0 Å². The number of benzene rings is 2. The van der Waals surface area contributed by atoms with E-state index in [1.54, 1.807) is 0 Å². The van der Waals surface area contributed by atoms with Gasteiger partial charge in [-0.15, -0.1) is 0 Å². The molecule has 0 amide bonds. The largest absolute Gasteiger partial charge is 0.748 e. The van der Waals surface area contributed by atoms with E-state index in [0.29, 0.717) is 31.0 Å². The first-order valence-corrected chi connectivity index (χ1v) is 11.6. The molecule has 3 rings (SSSR count). The van der Waals surface area contributed by atoms with Crippen molar-refractivity contribution in [1.82, 2.24) is 0 Å². The van der Waals surface area contributed by atoms with Crippen LogP contribution in [0.3, 0.4) is 0 Å². The third-order valence-corrected chi connectivity index (χ3v) is 6.27. The molecule has 2 aromatic carbocycles. The van der Waals surface area contributed by atoms with Crippen LogP contribution in [-0.2, 0) is 21.4 Å². The molecule has 1 heterocycles. The predicted octanol–water partition coefficient (Wildman–Crippen LogP) is 4.50. The average Bonchev–Trinajstić information content (AvgIpc) is 3.07. The van der Waals surface area contributed by atoms with Gasteiger partial charge in [0.05, 0.1) is 28.1 Å². The second-order valence-corrected chi connectivity index (χ2v) is 8.92. The second kappa shape index (κ2) is 9.45. The zero-order valence-electron chi connectivity index (χ0n) is 17.5. The summed E-state index contributed by atoms with van der Waals surface area (Å²) in [5.74, 6) is 1.34. The lowest BCUT2D eigenvalue weighted by Gasteiger charge is -2.13. The molecule has 3 aromatic rings. The van der Waals surface area contributed by atoms with Gasteiger partial charge in [0, 0.05) is 18.9 Å². The smallest absolute Gasteiger partial charge is 0.377 e. The Morgan fingerprint density at radius 2 is 1.90 bits per heavy atom. The Morgan fingerprint density at radius 1 is 1.17 bits per heavy atom. The molecule has 0 aliphatic carbocycles. The van der Waals surface area contributed by atoms with Crippen molar-refractivity contribution in [3.05, 3.63) is 60.2 Å². The lowest BCUT2D eigenvalue weighted by molar-refractivity contribution is -0.678. The summed E-state index contributed by atoms with van der Waals surface area (Å²) in [6, 6.07) is 15.9. The van der Waals surface area contributed by atoms with Gasteiger partial charge in [-0.1, -0.05) is 43.3 Å². The number of hydrogen-bond acceptors (Lipinski definition) is 5. The molecule has 0 saturated heterocycles. The monoisotopic (exact) mass is 429 g/mol. The Bertz CT molecular complexity index is 1130. The van der Waals surface area contributed by atoms with Crippen LogP contribution in [-0.4, -0.2) is 24.8 Å². The minimum absolute atomic E-state index is 0.192. The zero-order valence-corrected chi connectivity index (χ0v) is 18.3. The van der Waals surface area contributed by atoms with E-state index in [2.05, 4.69) is 0 Å². The maximum absolute atomic E-state index is 11.4. The number of allylic oxidation sites excluding steroid dienone is 1. The number of aryl methyl sites for hydroxylation is 1. The first kappa shape index (κ1) is 22.1. The highest BCUT2D eigenvalue weighted by Crippen LogP contribution is 2.25. The summed E-state index contributed by atoms with van der Waals surface area (Å²) >= 11 is 0. The highest BCUT2D eigenvalue weighted by molar-refractivity contribution is 7.86. The van der Waals surface area contributed by atoms with Crippen molar-refractivity contribution in [3.63, 3.8) is 0 Å². The fourth-order valence-corrected chi connectivity index (χ4v) is 3.67. The van der Waals surface area contributed by atoms with Crippen LogP contribution in [0.4, 0.5) is 0 Å². The average molecular weight is 430 g/mol. The number of aromatic nitrogens is 1. The van der Waals surface area contributed by atoms with Gasteiger partial charge in [0.1, 0.15) is 5.76 Å². The van der Waals surface area contributed by atoms with Gasteiger partial charge in [-0.25, -0.2) is 8.42 Å². The molecule has 0 saturated carbocycles. The van der Waals surface area contributed by atoms with E-state index < -0.39 is 15.4 Å². The molecule has 0 fully saturated rings. The predicted molar refractivity (Wildman–Crippen MR) is 116 cm³/mol. The molecule has 160 valence electrons. The molecule has 30 heavy (non-hydrogen) atoms. The van der Waals surface area contributed by atoms with E-state index in [1.807, 2.05) is 73.0 Å². The van der Waals surface area contributed by atoms with Crippen LogP contribution in [0.15, 0.2) is 58.7 Å². The Kier molecular flexibility index (Phi) is 6.95.